The van der Waals surface area contributed by atoms with Crippen LogP contribution in [0.4, 0.5) is 5.69 Å². The van der Waals surface area contributed by atoms with Crippen molar-refractivity contribution in [1.82, 2.24) is 5.32 Å². The predicted octanol–water partition coefficient (Wildman–Crippen LogP) is 2.30. The Balaban J connectivity index is 3.09. The lowest BCUT2D eigenvalue weighted by Gasteiger charge is -2.08. The lowest BCUT2D eigenvalue weighted by Crippen LogP contribution is -2.25. The molecule has 21 heavy (non-hydrogen) atoms. The van der Waals surface area contributed by atoms with E-state index in [9.17, 15) is 23.3 Å². The van der Waals surface area contributed by atoms with Crippen LogP contribution in [-0.2, 0) is 9.05 Å². The molecule has 0 saturated carbocycles. The molecule has 0 aliphatic carbocycles. The van der Waals surface area contributed by atoms with Gasteiger partial charge in [0.2, 0.25) is 0 Å². The Labute approximate surface area is 126 Å². The second-order valence-electron chi connectivity index (χ2n) is 4.85. The smallest absolute Gasteiger partial charge is 0.271 e. The van der Waals surface area contributed by atoms with Gasteiger partial charge < -0.3 is 5.32 Å². The first-order valence-corrected chi connectivity index (χ1v) is 8.44. The van der Waals surface area contributed by atoms with Gasteiger partial charge in [0.1, 0.15) is 0 Å². The number of rotatable bonds is 6. The number of nitro benzene ring substituents is 1. The molecule has 0 aliphatic rings. The number of benzene rings is 1. The van der Waals surface area contributed by atoms with Crippen LogP contribution in [0.1, 0.15) is 30.6 Å². The molecule has 1 aromatic rings. The first-order valence-electron chi connectivity index (χ1n) is 6.13. The summed E-state index contributed by atoms with van der Waals surface area (Å²) in [5.74, 6) is -0.199. The van der Waals surface area contributed by atoms with Gasteiger partial charge in [0.25, 0.3) is 20.6 Å². The number of hydrogen-bond donors (Lipinski definition) is 1. The number of carbonyl (C=O) groups excluding carboxylic acids is 1. The Morgan fingerprint density at radius 3 is 2.48 bits per heavy atom. The number of nitro groups is 1. The van der Waals surface area contributed by atoms with E-state index in [1.54, 1.807) is 0 Å². The molecule has 0 atom stereocenters. The zero-order valence-corrected chi connectivity index (χ0v) is 13.1. The molecule has 0 saturated heterocycles. The van der Waals surface area contributed by atoms with Crippen molar-refractivity contribution < 1.29 is 18.1 Å². The molecular weight excluding hydrogens is 320 g/mol. The Hall–Kier alpha value is -1.67. The summed E-state index contributed by atoms with van der Waals surface area (Å²) in [4.78, 5) is 21.4. The zero-order valence-electron chi connectivity index (χ0n) is 11.5. The van der Waals surface area contributed by atoms with E-state index >= 15 is 0 Å². The second-order valence-corrected chi connectivity index (χ2v) is 7.41. The Morgan fingerprint density at radius 1 is 1.38 bits per heavy atom. The van der Waals surface area contributed by atoms with E-state index in [-0.39, 0.29) is 5.56 Å². The van der Waals surface area contributed by atoms with E-state index in [0.29, 0.717) is 12.5 Å². The average molecular weight is 335 g/mol. The van der Waals surface area contributed by atoms with Gasteiger partial charge in [-0.05, 0) is 18.4 Å². The molecule has 0 aromatic heterocycles. The van der Waals surface area contributed by atoms with Crippen molar-refractivity contribution in [1.29, 1.82) is 0 Å². The van der Waals surface area contributed by atoms with E-state index in [2.05, 4.69) is 5.32 Å². The Bertz CT molecular complexity index is 658. The largest absolute Gasteiger partial charge is 0.352 e. The van der Waals surface area contributed by atoms with Gasteiger partial charge >= 0.3 is 0 Å². The number of nitrogens with zero attached hydrogens (tertiary/aromatic N) is 1. The third-order valence-corrected chi connectivity index (χ3v) is 3.99. The van der Waals surface area contributed by atoms with Crippen molar-refractivity contribution >= 4 is 31.3 Å². The zero-order chi connectivity index (χ0) is 16.2. The van der Waals surface area contributed by atoms with Crippen LogP contribution in [0.25, 0.3) is 0 Å². The summed E-state index contributed by atoms with van der Waals surface area (Å²) in [6.07, 6.45) is 0.737. The minimum absolute atomic E-state index is 0.118. The van der Waals surface area contributed by atoms with Crippen molar-refractivity contribution in [3.63, 3.8) is 0 Å². The molecule has 0 heterocycles. The monoisotopic (exact) mass is 334 g/mol. The van der Waals surface area contributed by atoms with Crippen molar-refractivity contribution in [2.24, 2.45) is 5.92 Å². The summed E-state index contributed by atoms with van der Waals surface area (Å²) in [5, 5.41) is 13.4. The van der Waals surface area contributed by atoms with Crippen molar-refractivity contribution in [3.8, 4) is 0 Å². The SMILES string of the molecule is CC(C)CCNC(=O)c1cc([N+](=O)[O-])cc(S(=O)(=O)Cl)c1. The topological polar surface area (TPSA) is 106 Å². The quantitative estimate of drug-likeness (QED) is 0.488. The molecule has 0 fully saturated rings. The molecule has 0 radical (unpaired) electrons. The lowest BCUT2D eigenvalue weighted by atomic mass is 10.1. The highest BCUT2D eigenvalue weighted by atomic mass is 35.7. The fourth-order valence-electron chi connectivity index (χ4n) is 1.54. The number of carbonyl (C=O) groups is 1. The third kappa shape index (κ3) is 5.31. The molecule has 0 spiro atoms. The molecule has 1 aromatic carbocycles. The van der Waals surface area contributed by atoms with E-state index < -0.39 is 30.5 Å². The minimum Gasteiger partial charge on any atom is -0.352 e. The maximum absolute atomic E-state index is 11.9. The van der Waals surface area contributed by atoms with Gasteiger partial charge in [0.05, 0.1) is 9.82 Å². The van der Waals surface area contributed by atoms with Crippen molar-refractivity contribution in [2.45, 2.75) is 25.2 Å². The van der Waals surface area contributed by atoms with Crippen molar-refractivity contribution in [3.05, 3.63) is 33.9 Å². The minimum atomic E-state index is -4.16. The Morgan fingerprint density at radius 2 is 2.00 bits per heavy atom. The lowest BCUT2D eigenvalue weighted by molar-refractivity contribution is -0.385. The fourth-order valence-corrected chi connectivity index (χ4v) is 2.33. The highest BCUT2D eigenvalue weighted by molar-refractivity contribution is 8.13. The van der Waals surface area contributed by atoms with Crippen LogP contribution in [0.15, 0.2) is 23.1 Å². The number of halogens is 1. The summed E-state index contributed by atoms with van der Waals surface area (Å²) in [7, 11) is 1.01. The summed E-state index contributed by atoms with van der Waals surface area (Å²) >= 11 is 0. The van der Waals surface area contributed by atoms with Gasteiger partial charge in [-0.25, -0.2) is 8.42 Å². The van der Waals surface area contributed by atoms with E-state index in [1.165, 1.54) is 0 Å². The molecule has 0 bridgehead atoms. The van der Waals surface area contributed by atoms with Crippen LogP contribution in [-0.4, -0.2) is 25.8 Å². The molecule has 7 nitrogen and oxygen atoms in total. The molecule has 0 aliphatic heterocycles. The maximum atomic E-state index is 11.9. The van der Waals surface area contributed by atoms with Crippen LogP contribution in [0.5, 0.6) is 0 Å². The number of non-ortho nitro benzene ring substituents is 1. The van der Waals surface area contributed by atoms with Crippen LogP contribution in [0.3, 0.4) is 0 Å². The molecule has 9 heteroatoms. The molecule has 1 rings (SSSR count). The van der Waals surface area contributed by atoms with E-state index in [1.807, 2.05) is 13.8 Å². The van der Waals surface area contributed by atoms with Gasteiger partial charge in [-0.2, -0.15) is 0 Å². The second kappa shape index (κ2) is 6.86. The maximum Gasteiger partial charge on any atom is 0.271 e. The van der Waals surface area contributed by atoms with Crippen LogP contribution < -0.4 is 5.32 Å². The molecular formula is C12H15ClN2O5S. The normalized spacial score (nSPS) is 11.4. The van der Waals surface area contributed by atoms with Gasteiger partial charge in [-0.3, -0.25) is 14.9 Å². The van der Waals surface area contributed by atoms with Gasteiger partial charge in [0, 0.05) is 34.9 Å². The van der Waals surface area contributed by atoms with Gasteiger partial charge in [-0.15, -0.1) is 0 Å². The third-order valence-electron chi connectivity index (χ3n) is 2.65. The van der Waals surface area contributed by atoms with Crippen LogP contribution >= 0.6 is 10.7 Å². The number of nitrogens with one attached hydrogen (secondary N) is 1. The summed E-state index contributed by atoms with van der Waals surface area (Å²) in [5.41, 5.74) is -0.627. The summed E-state index contributed by atoms with van der Waals surface area (Å²) in [6, 6.07) is 2.84. The highest BCUT2D eigenvalue weighted by Crippen LogP contribution is 2.23. The van der Waals surface area contributed by atoms with Gasteiger partial charge in [0.15, 0.2) is 0 Å². The summed E-state index contributed by atoms with van der Waals surface area (Å²) in [6.45, 7) is 4.36. The first kappa shape index (κ1) is 17.4. The van der Waals surface area contributed by atoms with E-state index in [0.717, 1.165) is 24.6 Å². The summed E-state index contributed by atoms with van der Waals surface area (Å²) < 4.78 is 22.6. The number of hydrogen-bond acceptors (Lipinski definition) is 5. The number of amides is 1. The molecule has 1 N–H and O–H groups in total. The first-order chi connectivity index (χ1) is 9.61. The standard InChI is InChI=1S/C12H15ClN2O5S/c1-8(2)3-4-14-12(16)9-5-10(15(17)18)7-11(6-9)21(13,19)20/h5-8H,3-4H2,1-2H3,(H,14,16). The van der Waals surface area contributed by atoms with Crippen LogP contribution in [0.2, 0.25) is 0 Å². The van der Waals surface area contributed by atoms with Crippen molar-refractivity contribution in [2.75, 3.05) is 6.54 Å². The highest BCUT2D eigenvalue weighted by Gasteiger charge is 2.20. The van der Waals surface area contributed by atoms with E-state index in [4.69, 9.17) is 10.7 Å². The molecule has 1 amide bonds. The fraction of sp³-hybridized carbons (Fsp3) is 0.417. The predicted molar refractivity (Wildman–Crippen MR) is 77.9 cm³/mol. The molecule has 0 unspecified atom stereocenters. The average Bonchev–Trinajstić information content (AvgIpc) is 2.36. The van der Waals surface area contributed by atoms with Gasteiger partial charge in [-0.1, -0.05) is 13.8 Å². The van der Waals surface area contributed by atoms with Crippen LogP contribution in [0, 0.1) is 16.0 Å². The Kier molecular flexibility index (Phi) is 5.68. The molecule has 116 valence electrons.